The Morgan fingerprint density at radius 1 is 0.895 bits per heavy atom. The second kappa shape index (κ2) is 14.7. The van der Waals surface area contributed by atoms with Gasteiger partial charge in [-0.15, -0.1) is 0 Å². The highest BCUT2D eigenvalue weighted by atomic mass is 16.5. The van der Waals surface area contributed by atoms with E-state index in [4.69, 9.17) is 15.6 Å². The predicted octanol–water partition coefficient (Wildman–Crippen LogP) is 6.21. The standard InChI is InChI=1S/C43H47N9O5/c1-42(2,24-45-31-14-8-13-30-34(31)41(56)51(40(30)55)32-19-20-33(53)48-39(32)54)23-43(3,4)50-21-9-10-27(22-50)52-38-35(37(44)46-25-47-38)36(49-52)26-15-17-29(18-16-26)57-28-11-6-5-7-12-28/h5-8,11-18,25,27,32,45H,9-10,19-24H2,1-4H3,(H2,44,46,47)(H,48,53,54). The maximum Gasteiger partial charge on any atom is 0.264 e. The van der Waals surface area contributed by atoms with Crippen molar-refractivity contribution in [1.82, 2.24) is 34.9 Å². The van der Waals surface area contributed by atoms with Crippen molar-refractivity contribution in [2.75, 3.05) is 30.7 Å². The highest BCUT2D eigenvalue weighted by Crippen LogP contribution is 2.39. The highest BCUT2D eigenvalue weighted by molar-refractivity contribution is 6.25. The van der Waals surface area contributed by atoms with E-state index in [1.54, 1.807) is 18.2 Å². The number of likely N-dealkylation sites (tertiary alicyclic amines) is 1. The number of nitrogens with zero attached hydrogens (tertiary/aromatic N) is 6. The van der Waals surface area contributed by atoms with Crippen LogP contribution in [0.1, 0.15) is 86.6 Å². The van der Waals surface area contributed by atoms with Crippen LogP contribution < -0.4 is 21.1 Å². The number of amides is 4. The second-order valence-electron chi connectivity index (χ2n) is 16.6. The lowest BCUT2D eigenvalue weighted by Crippen LogP contribution is -2.54. The second-order valence-corrected chi connectivity index (χ2v) is 16.6. The number of hydrogen-bond donors (Lipinski definition) is 3. The Bertz CT molecular complexity index is 2370. The van der Waals surface area contributed by atoms with E-state index in [0.717, 1.165) is 59.6 Å². The van der Waals surface area contributed by atoms with Gasteiger partial charge in [0.15, 0.2) is 5.65 Å². The van der Waals surface area contributed by atoms with Crippen LogP contribution in [0.15, 0.2) is 79.1 Å². The van der Waals surface area contributed by atoms with Crippen LogP contribution in [0, 0.1) is 5.41 Å². The van der Waals surface area contributed by atoms with E-state index in [2.05, 4.69) is 53.2 Å². The van der Waals surface area contributed by atoms with Gasteiger partial charge in [-0.2, -0.15) is 5.10 Å². The van der Waals surface area contributed by atoms with Crippen LogP contribution in [0.25, 0.3) is 22.3 Å². The number of benzene rings is 3. The first-order chi connectivity index (χ1) is 27.3. The molecular weight excluding hydrogens is 723 g/mol. The summed E-state index contributed by atoms with van der Waals surface area (Å²) in [5, 5.41) is 11.6. The fourth-order valence-corrected chi connectivity index (χ4v) is 8.80. The SMILES string of the molecule is CC(C)(CNc1cccc2c1C(=O)N(C1CCC(=O)NC1=O)C2=O)CC(C)(C)N1CCCC(n2nc(-c3ccc(Oc4ccccc4)cc3)c3c(N)ncnc32)C1. The topological polar surface area (TPSA) is 178 Å². The van der Waals surface area contributed by atoms with Gasteiger partial charge in [0.1, 0.15) is 35.4 Å². The Morgan fingerprint density at radius 3 is 2.40 bits per heavy atom. The summed E-state index contributed by atoms with van der Waals surface area (Å²) >= 11 is 0. The molecule has 2 atom stereocenters. The molecule has 0 saturated carbocycles. The minimum atomic E-state index is -1.02. The quantitative estimate of drug-likeness (QED) is 0.130. The first-order valence-corrected chi connectivity index (χ1v) is 19.5. The van der Waals surface area contributed by atoms with Crippen LogP contribution in [-0.4, -0.2) is 84.4 Å². The van der Waals surface area contributed by atoms with E-state index in [1.807, 2.05) is 59.3 Å². The number of nitrogens with two attached hydrogens (primary N) is 1. The van der Waals surface area contributed by atoms with E-state index >= 15 is 0 Å². The maximum absolute atomic E-state index is 13.7. The van der Waals surface area contributed by atoms with Gasteiger partial charge >= 0.3 is 0 Å². The number of para-hydroxylation sites is 1. The number of piperidine rings is 2. The molecule has 57 heavy (non-hydrogen) atoms. The molecule has 5 aromatic rings. The van der Waals surface area contributed by atoms with E-state index in [9.17, 15) is 19.2 Å². The van der Waals surface area contributed by atoms with Gasteiger partial charge in [-0.25, -0.2) is 14.6 Å². The molecule has 3 aliphatic heterocycles. The van der Waals surface area contributed by atoms with Gasteiger partial charge in [0.05, 0.1) is 22.6 Å². The van der Waals surface area contributed by atoms with Gasteiger partial charge in [-0.05, 0) is 100 Å². The Morgan fingerprint density at radius 2 is 1.65 bits per heavy atom. The van der Waals surface area contributed by atoms with Crippen LogP contribution in [0.2, 0.25) is 0 Å². The molecular formula is C43H47N9O5. The normalized spacial score (nSPS) is 19.2. The Balaban J connectivity index is 0.966. The van der Waals surface area contributed by atoms with Gasteiger partial charge < -0.3 is 15.8 Å². The minimum Gasteiger partial charge on any atom is -0.457 e. The summed E-state index contributed by atoms with van der Waals surface area (Å²) in [5.41, 5.74) is 9.41. The maximum atomic E-state index is 13.7. The molecule has 5 heterocycles. The Kier molecular flexibility index (Phi) is 9.76. The van der Waals surface area contributed by atoms with Crippen LogP contribution >= 0.6 is 0 Å². The zero-order valence-electron chi connectivity index (χ0n) is 32.6. The first-order valence-electron chi connectivity index (χ1n) is 19.5. The van der Waals surface area contributed by atoms with Crippen LogP contribution in [0.4, 0.5) is 11.5 Å². The Hall–Kier alpha value is -6.15. The highest BCUT2D eigenvalue weighted by Gasteiger charge is 2.46. The summed E-state index contributed by atoms with van der Waals surface area (Å²) in [6.07, 6.45) is 4.40. The van der Waals surface area contributed by atoms with Crippen molar-refractivity contribution in [3.8, 4) is 22.8 Å². The molecule has 2 aromatic heterocycles. The monoisotopic (exact) mass is 769 g/mol. The summed E-state index contributed by atoms with van der Waals surface area (Å²) in [7, 11) is 0. The molecule has 294 valence electrons. The van der Waals surface area contributed by atoms with Crippen molar-refractivity contribution in [3.05, 3.63) is 90.3 Å². The molecule has 0 aliphatic carbocycles. The number of hydrogen-bond acceptors (Lipinski definition) is 11. The first kappa shape index (κ1) is 37.8. The summed E-state index contributed by atoms with van der Waals surface area (Å²) < 4.78 is 8.05. The third kappa shape index (κ3) is 7.32. The summed E-state index contributed by atoms with van der Waals surface area (Å²) in [6, 6.07) is 21.6. The van der Waals surface area contributed by atoms with Crippen molar-refractivity contribution in [2.45, 2.75) is 77.4 Å². The van der Waals surface area contributed by atoms with Crippen molar-refractivity contribution < 1.29 is 23.9 Å². The molecule has 4 amide bonds. The number of nitrogens with one attached hydrogen (secondary N) is 2. The molecule has 3 aliphatic rings. The van der Waals surface area contributed by atoms with Gasteiger partial charge in [-0.1, -0.05) is 38.1 Å². The number of carbonyl (C=O) groups excluding carboxylic acids is 4. The van der Waals surface area contributed by atoms with E-state index in [0.29, 0.717) is 29.4 Å². The average molecular weight is 770 g/mol. The largest absolute Gasteiger partial charge is 0.457 e. The van der Waals surface area contributed by atoms with E-state index in [-0.39, 0.29) is 41.0 Å². The summed E-state index contributed by atoms with van der Waals surface area (Å²) in [4.78, 5) is 64.0. The number of nitrogen functional groups attached to an aromatic ring is 1. The molecule has 4 N–H and O–H groups in total. The molecule has 0 radical (unpaired) electrons. The number of imide groups is 2. The molecule has 0 spiro atoms. The molecule has 2 fully saturated rings. The number of ether oxygens (including phenoxy) is 1. The zero-order chi connectivity index (χ0) is 40.1. The third-order valence-corrected chi connectivity index (χ3v) is 11.4. The molecule has 0 bridgehead atoms. The number of rotatable bonds is 11. The van der Waals surface area contributed by atoms with Gasteiger partial charge in [0, 0.05) is 36.3 Å². The molecule has 3 aromatic carbocycles. The fourth-order valence-electron chi connectivity index (χ4n) is 8.80. The molecule has 2 saturated heterocycles. The number of aromatic nitrogens is 4. The van der Waals surface area contributed by atoms with Crippen LogP contribution in [-0.2, 0) is 9.59 Å². The smallest absolute Gasteiger partial charge is 0.264 e. The minimum absolute atomic E-state index is 0.0493. The van der Waals surface area contributed by atoms with E-state index < -0.39 is 29.7 Å². The lowest BCUT2D eigenvalue weighted by molar-refractivity contribution is -0.136. The summed E-state index contributed by atoms with van der Waals surface area (Å²) in [5.74, 6) is -0.225. The summed E-state index contributed by atoms with van der Waals surface area (Å²) in [6.45, 7) is 11.1. The number of carbonyl (C=O) groups is 4. The Labute approximate surface area is 330 Å². The lowest BCUT2D eigenvalue weighted by atomic mass is 9.78. The number of anilines is 2. The lowest BCUT2D eigenvalue weighted by Gasteiger charge is -2.47. The van der Waals surface area contributed by atoms with Crippen molar-refractivity contribution in [1.29, 1.82) is 0 Å². The van der Waals surface area contributed by atoms with Gasteiger partial charge in [0.25, 0.3) is 11.8 Å². The van der Waals surface area contributed by atoms with Crippen molar-refractivity contribution in [3.63, 3.8) is 0 Å². The van der Waals surface area contributed by atoms with Crippen molar-refractivity contribution >= 4 is 46.2 Å². The molecule has 8 rings (SSSR count). The fraction of sp³-hybridized carbons (Fsp3) is 0.372. The van der Waals surface area contributed by atoms with Crippen LogP contribution in [0.3, 0.4) is 0 Å². The zero-order valence-corrected chi connectivity index (χ0v) is 32.6. The van der Waals surface area contributed by atoms with Crippen molar-refractivity contribution in [2.24, 2.45) is 5.41 Å². The molecule has 14 heteroatoms. The average Bonchev–Trinajstić information content (AvgIpc) is 3.70. The third-order valence-electron chi connectivity index (χ3n) is 11.4. The molecule has 2 unspecified atom stereocenters. The van der Waals surface area contributed by atoms with Gasteiger partial charge in [0.2, 0.25) is 11.8 Å². The van der Waals surface area contributed by atoms with Crippen LogP contribution in [0.5, 0.6) is 11.5 Å². The molecule has 14 nitrogen and oxygen atoms in total. The predicted molar refractivity (Wildman–Crippen MR) is 216 cm³/mol. The van der Waals surface area contributed by atoms with Gasteiger partial charge in [-0.3, -0.25) is 34.3 Å². The number of fused-ring (bicyclic) bond motifs is 2. The van der Waals surface area contributed by atoms with E-state index in [1.165, 1.54) is 6.33 Å².